The van der Waals surface area contributed by atoms with Crippen LogP contribution < -0.4 is 10.1 Å². The van der Waals surface area contributed by atoms with Gasteiger partial charge in [-0.15, -0.1) is 0 Å². The Morgan fingerprint density at radius 3 is 2.43 bits per heavy atom. The van der Waals surface area contributed by atoms with E-state index in [1.54, 1.807) is 31.2 Å². The van der Waals surface area contributed by atoms with Crippen molar-refractivity contribution in [2.24, 2.45) is 5.92 Å². The maximum atomic E-state index is 12.0. The summed E-state index contributed by atoms with van der Waals surface area (Å²) in [6.45, 7) is 5.34. The molecule has 0 bridgehead atoms. The minimum Gasteiger partial charge on any atom is -0.480 e. The Balaban J connectivity index is 2.65. The molecular weight excluding hydrogens is 294 g/mol. The van der Waals surface area contributed by atoms with Crippen LogP contribution in [0.15, 0.2) is 24.3 Å². The summed E-state index contributed by atoms with van der Waals surface area (Å²) >= 11 is 5.95. The normalized spacial score (nSPS) is 13.6. The fourth-order valence-electron chi connectivity index (χ4n) is 1.77. The number of carboxylic acid groups (broad SMARTS) is 1. The van der Waals surface area contributed by atoms with Gasteiger partial charge in [-0.1, -0.05) is 37.6 Å². The largest absolute Gasteiger partial charge is 0.480 e. The Morgan fingerprint density at radius 2 is 1.90 bits per heavy atom. The van der Waals surface area contributed by atoms with Crippen LogP contribution in [0.4, 0.5) is 0 Å². The number of carbonyl (C=O) groups excluding carboxylic acids is 1. The van der Waals surface area contributed by atoms with Crippen LogP contribution in [0.5, 0.6) is 5.75 Å². The first-order chi connectivity index (χ1) is 9.81. The van der Waals surface area contributed by atoms with E-state index in [1.165, 1.54) is 0 Å². The molecular formula is C15H20ClNO4. The molecule has 0 saturated heterocycles. The standard InChI is InChI=1S/C15H20ClNO4/c1-9(2)8-12(15(19)20)17-14(18)10(3)21-13-7-5-4-6-11(13)16/h4-7,9-10,12H,8H2,1-3H3,(H,17,18)(H,19,20). The lowest BCUT2D eigenvalue weighted by Crippen LogP contribution is -2.46. The maximum absolute atomic E-state index is 12.0. The second-order valence-corrected chi connectivity index (χ2v) is 5.63. The van der Waals surface area contributed by atoms with E-state index < -0.39 is 24.0 Å². The van der Waals surface area contributed by atoms with Crippen molar-refractivity contribution in [2.45, 2.75) is 39.3 Å². The average Bonchev–Trinajstić information content (AvgIpc) is 2.39. The highest BCUT2D eigenvalue weighted by Gasteiger charge is 2.24. The summed E-state index contributed by atoms with van der Waals surface area (Å²) in [5.41, 5.74) is 0. The third kappa shape index (κ3) is 5.63. The molecule has 1 amide bonds. The molecule has 0 aliphatic carbocycles. The average molecular weight is 314 g/mol. The Bertz CT molecular complexity index is 504. The molecule has 0 heterocycles. The first-order valence-electron chi connectivity index (χ1n) is 6.75. The van der Waals surface area contributed by atoms with Crippen molar-refractivity contribution in [3.8, 4) is 5.75 Å². The van der Waals surface area contributed by atoms with Gasteiger partial charge in [0, 0.05) is 0 Å². The van der Waals surface area contributed by atoms with Gasteiger partial charge in [0.25, 0.3) is 5.91 Å². The van der Waals surface area contributed by atoms with Gasteiger partial charge in [-0.3, -0.25) is 4.79 Å². The number of carbonyl (C=O) groups is 2. The molecule has 6 heteroatoms. The van der Waals surface area contributed by atoms with E-state index in [4.69, 9.17) is 21.4 Å². The van der Waals surface area contributed by atoms with Crippen molar-refractivity contribution in [1.82, 2.24) is 5.32 Å². The first kappa shape index (κ1) is 17.3. The molecule has 116 valence electrons. The summed E-state index contributed by atoms with van der Waals surface area (Å²) in [5.74, 6) is -0.992. The quantitative estimate of drug-likeness (QED) is 0.811. The second-order valence-electron chi connectivity index (χ2n) is 5.22. The maximum Gasteiger partial charge on any atom is 0.326 e. The third-order valence-electron chi connectivity index (χ3n) is 2.83. The smallest absolute Gasteiger partial charge is 0.326 e. The number of para-hydroxylation sites is 1. The summed E-state index contributed by atoms with van der Waals surface area (Å²) in [6, 6.07) is 5.87. The molecule has 0 aromatic heterocycles. The van der Waals surface area contributed by atoms with Crippen LogP contribution in [0.2, 0.25) is 5.02 Å². The minimum absolute atomic E-state index is 0.159. The van der Waals surface area contributed by atoms with Gasteiger partial charge in [0.1, 0.15) is 11.8 Å². The van der Waals surface area contributed by atoms with E-state index in [-0.39, 0.29) is 5.92 Å². The lowest BCUT2D eigenvalue weighted by atomic mass is 10.0. The van der Waals surface area contributed by atoms with E-state index >= 15 is 0 Å². The van der Waals surface area contributed by atoms with Crippen LogP contribution in [-0.2, 0) is 9.59 Å². The summed E-state index contributed by atoms with van der Waals surface area (Å²) in [5, 5.41) is 12.0. The molecule has 0 saturated carbocycles. The number of benzene rings is 1. The number of nitrogens with one attached hydrogen (secondary N) is 1. The summed E-state index contributed by atoms with van der Waals surface area (Å²) in [7, 11) is 0. The topological polar surface area (TPSA) is 75.6 Å². The highest BCUT2D eigenvalue weighted by Crippen LogP contribution is 2.24. The second kappa shape index (κ2) is 7.88. The number of ether oxygens (including phenoxy) is 1. The van der Waals surface area contributed by atoms with Crippen molar-refractivity contribution < 1.29 is 19.4 Å². The van der Waals surface area contributed by atoms with Gasteiger partial charge in [0.15, 0.2) is 6.10 Å². The van der Waals surface area contributed by atoms with Crippen molar-refractivity contribution in [3.63, 3.8) is 0 Å². The third-order valence-corrected chi connectivity index (χ3v) is 3.14. The zero-order chi connectivity index (χ0) is 16.0. The number of hydrogen-bond acceptors (Lipinski definition) is 3. The molecule has 1 aromatic carbocycles. The van der Waals surface area contributed by atoms with Gasteiger partial charge in [-0.25, -0.2) is 4.79 Å². The molecule has 0 fully saturated rings. The number of aliphatic carboxylic acids is 1. The molecule has 5 nitrogen and oxygen atoms in total. The molecule has 0 radical (unpaired) electrons. The van der Waals surface area contributed by atoms with Gasteiger partial charge in [0.05, 0.1) is 5.02 Å². The van der Waals surface area contributed by atoms with Crippen molar-refractivity contribution in [2.75, 3.05) is 0 Å². The zero-order valence-corrected chi connectivity index (χ0v) is 13.1. The monoisotopic (exact) mass is 313 g/mol. The SMILES string of the molecule is CC(C)CC(NC(=O)C(C)Oc1ccccc1Cl)C(=O)O. The Hall–Kier alpha value is -1.75. The van der Waals surface area contributed by atoms with Gasteiger partial charge >= 0.3 is 5.97 Å². The molecule has 0 aliphatic heterocycles. The fraction of sp³-hybridized carbons (Fsp3) is 0.467. The van der Waals surface area contributed by atoms with Crippen LogP contribution in [0.1, 0.15) is 27.2 Å². The number of carboxylic acids is 1. The highest BCUT2D eigenvalue weighted by molar-refractivity contribution is 6.32. The molecule has 0 spiro atoms. The fourth-order valence-corrected chi connectivity index (χ4v) is 1.95. The molecule has 1 rings (SSSR count). The van der Waals surface area contributed by atoms with Crippen LogP contribution in [-0.4, -0.2) is 29.1 Å². The van der Waals surface area contributed by atoms with E-state index in [1.807, 2.05) is 13.8 Å². The van der Waals surface area contributed by atoms with Crippen LogP contribution >= 0.6 is 11.6 Å². The lowest BCUT2D eigenvalue weighted by molar-refractivity contribution is -0.143. The van der Waals surface area contributed by atoms with Crippen LogP contribution in [0.25, 0.3) is 0 Å². The van der Waals surface area contributed by atoms with E-state index in [9.17, 15) is 9.59 Å². The number of rotatable bonds is 7. The van der Waals surface area contributed by atoms with Gasteiger partial charge in [-0.2, -0.15) is 0 Å². The Kier molecular flexibility index (Phi) is 6.49. The summed E-state index contributed by atoms with van der Waals surface area (Å²) < 4.78 is 5.46. The van der Waals surface area contributed by atoms with Gasteiger partial charge in [-0.05, 0) is 31.4 Å². The van der Waals surface area contributed by atoms with E-state index in [2.05, 4.69) is 5.32 Å². The van der Waals surface area contributed by atoms with E-state index in [0.29, 0.717) is 17.2 Å². The molecule has 1 aromatic rings. The Morgan fingerprint density at radius 1 is 1.29 bits per heavy atom. The lowest BCUT2D eigenvalue weighted by Gasteiger charge is -2.20. The predicted octanol–water partition coefficient (Wildman–Crippen LogP) is 2.72. The number of amides is 1. The number of hydrogen-bond donors (Lipinski definition) is 2. The van der Waals surface area contributed by atoms with Crippen molar-refractivity contribution >= 4 is 23.5 Å². The van der Waals surface area contributed by atoms with Gasteiger partial charge in [0.2, 0.25) is 0 Å². The predicted molar refractivity (Wildman–Crippen MR) is 80.6 cm³/mol. The number of halogens is 1. The van der Waals surface area contributed by atoms with E-state index in [0.717, 1.165) is 0 Å². The Labute approximate surface area is 129 Å². The molecule has 2 unspecified atom stereocenters. The molecule has 0 aliphatic rings. The zero-order valence-electron chi connectivity index (χ0n) is 12.3. The molecule has 2 atom stereocenters. The first-order valence-corrected chi connectivity index (χ1v) is 7.13. The van der Waals surface area contributed by atoms with Crippen LogP contribution in [0.3, 0.4) is 0 Å². The minimum atomic E-state index is -1.05. The highest BCUT2D eigenvalue weighted by atomic mass is 35.5. The summed E-state index contributed by atoms with van der Waals surface area (Å²) in [4.78, 5) is 23.1. The molecule has 21 heavy (non-hydrogen) atoms. The van der Waals surface area contributed by atoms with Crippen LogP contribution in [0, 0.1) is 5.92 Å². The van der Waals surface area contributed by atoms with Gasteiger partial charge < -0.3 is 15.2 Å². The van der Waals surface area contributed by atoms with Crippen molar-refractivity contribution in [3.05, 3.63) is 29.3 Å². The van der Waals surface area contributed by atoms with Crippen molar-refractivity contribution in [1.29, 1.82) is 0 Å². The summed E-state index contributed by atoms with van der Waals surface area (Å²) in [6.07, 6.45) is -0.473. The molecule has 2 N–H and O–H groups in total.